The average molecular weight is 249 g/mol. The zero-order chi connectivity index (χ0) is 11.2. The van der Waals surface area contributed by atoms with Gasteiger partial charge in [-0.25, -0.2) is 0 Å². The van der Waals surface area contributed by atoms with E-state index in [0.29, 0.717) is 0 Å². The lowest BCUT2D eigenvalue weighted by Gasteiger charge is -2.15. The number of rotatable bonds is 4. The molecule has 0 fully saturated rings. The molecule has 0 aliphatic carbocycles. The van der Waals surface area contributed by atoms with Crippen molar-refractivity contribution in [1.29, 1.82) is 0 Å². The highest BCUT2D eigenvalue weighted by Crippen LogP contribution is 1.95. The van der Waals surface area contributed by atoms with E-state index >= 15 is 0 Å². The Hall–Kier alpha value is -1.09. The Morgan fingerprint density at radius 1 is 0.812 bits per heavy atom. The first-order chi connectivity index (χ1) is 7.92. The van der Waals surface area contributed by atoms with Crippen LogP contribution in [0.2, 0.25) is 0 Å². The van der Waals surface area contributed by atoms with Crippen molar-refractivity contribution in [2.45, 2.75) is 0 Å². The van der Waals surface area contributed by atoms with Gasteiger partial charge in [0.2, 0.25) is 9.04 Å². The van der Waals surface area contributed by atoms with Crippen molar-refractivity contribution < 1.29 is 4.43 Å². The van der Waals surface area contributed by atoms with Crippen LogP contribution in [0.25, 0.3) is 0 Å². The van der Waals surface area contributed by atoms with Gasteiger partial charge in [0.15, 0.2) is 0 Å². The zero-order valence-electron chi connectivity index (χ0n) is 8.84. The molecule has 0 radical (unpaired) electrons. The summed E-state index contributed by atoms with van der Waals surface area (Å²) >= 11 is 5.71. The van der Waals surface area contributed by atoms with Crippen LogP contribution in [0, 0.1) is 0 Å². The van der Waals surface area contributed by atoms with Gasteiger partial charge in [-0.05, 0) is 10.4 Å². The fourth-order valence-corrected chi connectivity index (χ4v) is 4.12. The SMILES string of the molecule is ClCO[SiH](c1ccccc1)c1ccccc1. The highest BCUT2D eigenvalue weighted by molar-refractivity contribution is 6.80. The standard InChI is InChI=1S/C13H13ClOSi/c14-11-15-16(12-7-3-1-4-8-12)13-9-5-2-6-10-13/h1-10,16H,11H2. The summed E-state index contributed by atoms with van der Waals surface area (Å²) in [5.74, 6) is 0. The van der Waals surface area contributed by atoms with Gasteiger partial charge in [-0.15, -0.1) is 0 Å². The largest absolute Gasteiger partial charge is 0.397 e. The highest BCUT2D eigenvalue weighted by atomic mass is 35.5. The molecule has 0 saturated carbocycles. The van der Waals surface area contributed by atoms with Crippen molar-refractivity contribution in [3.63, 3.8) is 0 Å². The maximum atomic E-state index is 5.72. The normalized spacial score (nSPS) is 10.6. The minimum atomic E-state index is -1.58. The summed E-state index contributed by atoms with van der Waals surface area (Å²) in [6.07, 6.45) is 0. The Bertz CT molecular complexity index is 379. The number of alkyl halides is 1. The van der Waals surface area contributed by atoms with Gasteiger partial charge >= 0.3 is 0 Å². The van der Waals surface area contributed by atoms with Crippen molar-refractivity contribution in [2.75, 3.05) is 6.07 Å². The molecule has 0 aromatic heterocycles. The van der Waals surface area contributed by atoms with Gasteiger partial charge in [0.1, 0.15) is 6.07 Å². The Morgan fingerprint density at radius 3 is 1.62 bits per heavy atom. The first-order valence-corrected chi connectivity index (χ1v) is 7.35. The van der Waals surface area contributed by atoms with Crippen molar-refractivity contribution in [3.8, 4) is 0 Å². The summed E-state index contributed by atoms with van der Waals surface area (Å²) in [5, 5.41) is 2.52. The Kier molecular flexibility index (Phi) is 4.16. The van der Waals surface area contributed by atoms with Crippen LogP contribution in [0.1, 0.15) is 0 Å². The molecule has 0 unspecified atom stereocenters. The van der Waals surface area contributed by atoms with Crippen LogP contribution in [0.5, 0.6) is 0 Å². The third kappa shape index (κ3) is 2.73. The maximum Gasteiger partial charge on any atom is 0.241 e. The molecule has 82 valence electrons. The summed E-state index contributed by atoms with van der Waals surface area (Å²) < 4.78 is 5.72. The van der Waals surface area contributed by atoms with Crippen LogP contribution in [0.15, 0.2) is 60.7 Å². The van der Waals surface area contributed by atoms with Gasteiger partial charge in [0.25, 0.3) is 0 Å². The van der Waals surface area contributed by atoms with Gasteiger partial charge in [-0.2, -0.15) is 0 Å². The zero-order valence-corrected chi connectivity index (χ0v) is 10.8. The van der Waals surface area contributed by atoms with Crippen LogP contribution in [0.3, 0.4) is 0 Å². The molecule has 3 heteroatoms. The Labute approximate surface area is 102 Å². The minimum Gasteiger partial charge on any atom is -0.397 e. The van der Waals surface area contributed by atoms with Crippen molar-refractivity contribution in [3.05, 3.63) is 60.7 Å². The molecular weight excluding hydrogens is 236 g/mol. The molecular formula is C13H13ClOSi. The van der Waals surface area contributed by atoms with Gasteiger partial charge in [-0.3, -0.25) is 0 Å². The molecule has 0 heterocycles. The lowest BCUT2D eigenvalue weighted by Crippen LogP contribution is -2.44. The second kappa shape index (κ2) is 5.85. The molecule has 0 atom stereocenters. The van der Waals surface area contributed by atoms with E-state index in [-0.39, 0.29) is 6.07 Å². The average Bonchev–Trinajstić information content (AvgIpc) is 2.38. The fourth-order valence-electron chi connectivity index (χ4n) is 1.70. The summed E-state index contributed by atoms with van der Waals surface area (Å²) in [6, 6.07) is 20.9. The minimum absolute atomic E-state index is 0.251. The van der Waals surface area contributed by atoms with E-state index < -0.39 is 9.04 Å². The van der Waals surface area contributed by atoms with Crippen LogP contribution in [0.4, 0.5) is 0 Å². The van der Waals surface area contributed by atoms with Crippen molar-refractivity contribution in [1.82, 2.24) is 0 Å². The smallest absolute Gasteiger partial charge is 0.241 e. The highest BCUT2D eigenvalue weighted by Gasteiger charge is 2.16. The molecule has 0 spiro atoms. The summed E-state index contributed by atoms with van der Waals surface area (Å²) in [7, 11) is -1.58. The quantitative estimate of drug-likeness (QED) is 0.592. The van der Waals surface area contributed by atoms with E-state index in [1.807, 2.05) is 36.4 Å². The van der Waals surface area contributed by atoms with Crippen LogP contribution < -0.4 is 10.4 Å². The molecule has 2 aromatic carbocycles. The van der Waals surface area contributed by atoms with Crippen LogP contribution in [-0.2, 0) is 4.43 Å². The lowest BCUT2D eigenvalue weighted by molar-refractivity contribution is 0.410. The molecule has 1 nitrogen and oxygen atoms in total. The van der Waals surface area contributed by atoms with E-state index in [9.17, 15) is 0 Å². The number of hydrogen-bond acceptors (Lipinski definition) is 1. The van der Waals surface area contributed by atoms with Crippen LogP contribution >= 0.6 is 11.6 Å². The van der Waals surface area contributed by atoms with Gasteiger partial charge in [0, 0.05) is 0 Å². The number of benzene rings is 2. The molecule has 0 aliphatic rings. The molecule has 2 aromatic rings. The molecule has 0 saturated heterocycles. The van der Waals surface area contributed by atoms with Crippen molar-refractivity contribution >= 4 is 31.0 Å². The number of hydrogen-bond donors (Lipinski definition) is 0. The second-order valence-electron chi connectivity index (χ2n) is 3.48. The summed E-state index contributed by atoms with van der Waals surface area (Å²) in [6.45, 7) is 0. The van der Waals surface area contributed by atoms with Gasteiger partial charge < -0.3 is 4.43 Å². The third-order valence-corrected chi connectivity index (χ3v) is 5.25. The predicted octanol–water partition coefficient (Wildman–Crippen LogP) is 1.74. The molecule has 0 aliphatic heterocycles. The first kappa shape index (κ1) is 11.4. The van der Waals surface area contributed by atoms with E-state index in [1.165, 1.54) is 10.4 Å². The monoisotopic (exact) mass is 248 g/mol. The molecule has 0 amide bonds. The van der Waals surface area contributed by atoms with E-state index in [2.05, 4.69) is 24.3 Å². The van der Waals surface area contributed by atoms with E-state index in [0.717, 1.165) is 0 Å². The van der Waals surface area contributed by atoms with Gasteiger partial charge in [0.05, 0.1) is 0 Å². The van der Waals surface area contributed by atoms with E-state index in [4.69, 9.17) is 16.0 Å². The molecule has 2 rings (SSSR count). The van der Waals surface area contributed by atoms with Crippen LogP contribution in [-0.4, -0.2) is 15.1 Å². The maximum absolute atomic E-state index is 5.72. The summed E-state index contributed by atoms with van der Waals surface area (Å²) in [5.41, 5.74) is 0. The first-order valence-electron chi connectivity index (χ1n) is 5.19. The Morgan fingerprint density at radius 2 is 1.25 bits per heavy atom. The topological polar surface area (TPSA) is 9.23 Å². The number of halogens is 1. The van der Waals surface area contributed by atoms with Gasteiger partial charge in [-0.1, -0.05) is 72.3 Å². The summed E-state index contributed by atoms with van der Waals surface area (Å²) in [4.78, 5) is 0. The molecule has 0 bridgehead atoms. The van der Waals surface area contributed by atoms with Crippen molar-refractivity contribution in [2.24, 2.45) is 0 Å². The third-order valence-electron chi connectivity index (χ3n) is 2.43. The molecule has 16 heavy (non-hydrogen) atoms. The Balaban J connectivity index is 2.31. The lowest BCUT2D eigenvalue weighted by atomic mass is 10.4. The predicted molar refractivity (Wildman–Crippen MR) is 71.1 cm³/mol. The fraction of sp³-hybridized carbons (Fsp3) is 0.0769. The van der Waals surface area contributed by atoms with E-state index in [1.54, 1.807) is 0 Å². The second-order valence-corrected chi connectivity index (χ2v) is 6.12. The molecule has 0 N–H and O–H groups in total.